The largest absolute Gasteiger partial charge is 0.396 e. The molecule has 0 bridgehead atoms. The van der Waals surface area contributed by atoms with Crippen molar-refractivity contribution in [2.75, 3.05) is 25.0 Å². The maximum atomic E-state index is 12.8. The third kappa shape index (κ3) is 4.98. The van der Waals surface area contributed by atoms with Gasteiger partial charge in [-0.2, -0.15) is 0 Å². The first-order valence-electron chi connectivity index (χ1n) is 10.2. The summed E-state index contributed by atoms with van der Waals surface area (Å²) < 4.78 is 1.07. The number of hydrogen-bond donors (Lipinski definition) is 2. The Morgan fingerprint density at radius 3 is 2.68 bits per heavy atom. The summed E-state index contributed by atoms with van der Waals surface area (Å²) in [6, 6.07) is 14.8. The molecule has 1 aliphatic rings. The Morgan fingerprint density at radius 1 is 1.16 bits per heavy atom. The molecule has 160 valence electrons. The van der Waals surface area contributed by atoms with Crippen LogP contribution in [0.25, 0.3) is 16.2 Å². The van der Waals surface area contributed by atoms with Crippen molar-refractivity contribution in [3.63, 3.8) is 0 Å². The number of nitrogens with one attached hydrogen (secondary N) is 1. The zero-order chi connectivity index (χ0) is 21.8. The highest BCUT2D eigenvalue weighted by atomic mass is 35.5. The number of carbonyl (C=O) groups is 2. The second-order valence-electron chi connectivity index (χ2n) is 7.60. The van der Waals surface area contributed by atoms with E-state index in [1.807, 2.05) is 24.3 Å². The molecule has 1 aliphatic heterocycles. The minimum absolute atomic E-state index is 0.0555. The second kappa shape index (κ2) is 9.64. The van der Waals surface area contributed by atoms with Gasteiger partial charge in [0.1, 0.15) is 0 Å². The monoisotopic (exact) mass is 454 g/mol. The number of nitrogens with zero attached hydrogens (tertiary/aromatic N) is 1. The molecule has 5 nitrogen and oxygen atoms in total. The smallest absolute Gasteiger partial charge is 0.253 e. The van der Waals surface area contributed by atoms with Gasteiger partial charge < -0.3 is 15.3 Å². The van der Waals surface area contributed by atoms with Crippen LogP contribution in [0.3, 0.4) is 0 Å². The minimum atomic E-state index is -0.290. The van der Waals surface area contributed by atoms with E-state index in [-0.39, 0.29) is 24.3 Å². The molecule has 7 heteroatoms. The molecule has 2 heterocycles. The lowest BCUT2D eigenvalue weighted by Gasteiger charge is -2.31. The van der Waals surface area contributed by atoms with Gasteiger partial charge in [0.2, 0.25) is 5.91 Å². The van der Waals surface area contributed by atoms with Crippen LogP contribution >= 0.6 is 22.9 Å². The quantitative estimate of drug-likeness (QED) is 0.530. The fourth-order valence-corrected chi connectivity index (χ4v) is 5.11. The standard InChI is InChI=1S/C24H23ClN2O3S/c25-23-19-6-1-2-7-20(19)31-21(23)8-9-22(29)26-18-5-3-4-17(14-18)24(30)27-12-10-16(15-28)11-13-27/h1-9,14,16,28H,10-13,15H2,(H,26,29)/b9-8+. The summed E-state index contributed by atoms with van der Waals surface area (Å²) in [5, 5.41) is 13.7. The number of carbonyl (C=O) groups excluding carboxylic acids is 2. The van der Waals surface area contributed by atoms with Gasteiger partial charge in [0.15, 0.2) is 0 Å². The number of fused-ring (bicyclic) bond motifs is 1. The summed E-state index contributed by atoms with van der Waals surface area (Å²) in [6.45, 7) is 1.45. The van der Waals surface area contributed by atoms with E-state index in [1.165, 1.54) is 17.4 Å². The Labute approximate surface area is 189 Å². The summed E-state index contributed by atoms with van der Waals surface area (Å²) >= 11 is 7.95. The van der Waals surface area contributed by atoms with Gasteiger partial charge in [-0.15, -0.1) is 11.3 Å². The molecule has 0 spiro atoms. The molecule has 0 radical (unpaired) electrons. The molecule has 0 atom stereocenters. The summed E-state index contributed by atoms with van der Waals surface area (Å²) in [5.74, 6) is -0.0714. The number of piperidine rings is 1. The molecule has 1 fully saturated rings. The third-order valence-electron chi connectivity index (χ3n) is 5.48. The van der Waals surface area contributed by atoms with E-state index in [0.29, 0.717) is 29.4 Å². The van der Waals surface area contributed by atoms with E-state index in [9.17, 15) is 14.7 Å². The fourth-order valence-electron chi connectivity index (χ4n) is 3.71. The van der Waals surface area contributed by atoms with Crippen molar-refractivity contribution in [3.05, 3.63) is 70.1 Å². The summed E-state index contributed by atoms with van der Waals surface area (Å²) in [6.07, 6.45) is 4.78. The van der Waals surface area contributed by atoms with Crippen LogP contribution in [-0.2, 0) is 4.79 Å². The molecule has 2 N–H and O–H groups in total. The molecular weight excluding hydrogens is 432 g/mol. The Kier molecular flexibility index (Phi) is 6.70. The molecule has 0 saturated carbocycles. The first-order chi connectivity index (χ1) is 15.0. The number of benzene rings is 2. The predicted octanol–water partition coefficient (Wildman–Crippen LogP) is 5.05. The normalized spacial score (nSPS) is 15.0. The highest BCUT2D eigenvalue weighted by Crippen LogP contribution is 2.35. The number of aliphatic hydroxyl groups is 1. The Balaban J connectivity index is 1.41. The van der Waals surface area contributed by atoms with Crippen molar-refractivity contribution in [2.24, 2.45) is 5.92 Å². The topological polar surface area (TPSA) is 69.6 Å². The Bertz CT molecular complexity index is 1130. The van der Waals surface area contributed by atoms with Crippen LogP contribution in [0.1, 0.15) is 28.1 Å². The van der Waals surface area contributed by atoms with Gasteiger partial charge in [-0.1, -0.05) is 35.9 Å². The van der Waals surface area contributed by atoms with Gasteiger partial charge >= 0.3 is 0 Å². The predicted molar refractivity (Wildman–Crippen MR) is 127 cm³/mol. The molecular formula is C24H23ClN2O3S. The molecule has 1 saturated heterocycles. The number of halogens is 1. The van der Waals surface area contributed by atoms with E-state index < -0.39 is 0 Å². The van der Waals surface area contributed by atoms with E-state index in [1.54, 1.807) is 35.2 Å². The molecule has 1 aromatic heterocycles. The zero-order valence-corrected chi connectivity index (χ0v) is 18.5. The van der Waals surface area contributed by atoms with Crippen LogP contribution < -0.4 is 5.32 Å². The number of aliphatic hydroxyl groups excluding tert-OH is 1. The Hall–Kier alpha value is -2.67. The molecule has 2 amide bonds. The van der Waals surface area contributed by atoms with E-state index in [2.05, 4.69) is 5.32 Å². The van der Waals surface area contributed by atoms with Crippen LogP contribution in [0.15, 0.2) is 54.6 Å². The SMILES string of the molecule is O=C(/C=C/c1sc2ccccc2c1Cl)Nc1cccc(C(=O)N2CCC(CO)CC2)c1. The molecule has 2 aromatic carbocycles. The van der Waals surface area contributed by atoms with Gasteiger partial charge in [0, 0.05) is 52.0 Å². The maximum Gasteiger partial charge on any atom is 0.253 e. The van der Waals surface area contributed by atoms with Gasteiger partial charge in [-0.05, 0) is 49.1 Å². The molecule has 3 aromatic rings. The second-order valence-corrected chi connectivity index (χ2v) is 9.06. The van der Waals surface area contributed by atoms with Crippen molar-refractivity contribution in [1.82, 2.24) is 4.90 Å². The maximum absolute atomic E-state index is 12.8. The van der Waals surface area contributed by atoms with Crippen molar-refractivity contribution in [3.8, 4) is 0 Å². The highest BCUT2D eigenvalue weighted by molar-refractivity contribution is 7.20. The van der Waals surface area contributed by atoms with E-state index in [4.69, 9.17) is 11.6 Å². The van der Waals surface area contributed by atoms with Gasteiger partial charge in [-0.25, -0.2) is 0 Å². The average molecular weight is 455 g/mol. The number of hydrogen-bond acceptors (Lipinski definition) is 4. The van der Waals surface area contributed by atoms with E-state index >= 15 is 0 Å². The number of anilines is 1. The summed E-state index contributed by atoms with van der Waals surface area (Å²) in [4.78, 5) is 27.8. The van der Waals surface area contributed by atoms with Crippen molar-refractivity contribution in [2.45, 2.75) is 12.8 Å². The zero-order valence-electron chi connectivity index (χ0n) is 16.9. The lowest BCUT2D eigenvalue weighted by molar-refractivity contribution is -0.111. The van der Waals surface area contributed by atoms with Crippen LogP contribution in [0.5, 0.6) is 0 Å². The lowest BCUT2D eigenvalue weighted by Crippen LogP contribution is -2.39. The molecule has 31 heavy (non-hydrogen) atoms. The van der Waals surface area contributed by atoms with Crippen LogP contribution in [0.4, 0.5) is 5.69 Å². The highest BCUT2D eigenvalue weighted by Gasteiger charge is 2.23. The summed E-state index contributed by atoms with van der Waals surface area (Å²) in [7, 11) is 0. The number of amides is 2. The van der Waals surface area contributed by atoms with E-state index in [0.717, 1.165) is 27.8 Å². The fraction of sp³-hybridized carbons (Fsp3) is 0.250. The van der Waals surface area contributed by atoms with Crippen molar-refractivity contribution >= 4 is 56.6 Å². The first kappa shape index (κ1) is 21.6. The molecule has 0 unspecified atom stereocenters. The van der Waals surface area contributed by atoms with Crippen molar-refractivity contribution < 1.29 is 14.7 Å². The number of likely N-dealkylation sites (tertiary alicyclic amines) is 1. The average Bonchev–Trinajstić information content (AvgIpc) is 3.13. The van der Waals surface area contributed by atoms with Crippen LogP contribution in [0, 0.1) is 5.92 Å². The minimum Gasteiger partial charge on any atom is -0.396 e. The molecule has 0 aliphatic carbocycles. The third-order valence-corrected chi connectivity index (χ3v) is 7.14. The number of rotatable bonds is 5. The lowest BCUT2D eigenvalue weighted by atomic mass is 9.97. The summed E-state index contributed by atoms with van der Waals surface area (Å²) in [5.41, 5.74) is 1.10. The van der Waals surface area contributed by atoms with Gasteiger partial charge in [-0.3, -0.25) is 9.59 Å². The van der Waals surface area contributed by atoms with Crippen LogP contribution in [0.2, 0.25) is 5.02 Å². The van der Waals surface area contributed by atoms with Crippen LogP contribution in [-0.4, -0.2) is 41.5 Å². The van der Waals surface area contributed by atoms with Gasteiger partial charge in [0.05, 0.1) is 5.02 Å². The van der Waals surface area contributed by atoms with Gasteiger partial charge in [0.25, 0.3) is 5.91 Å². The van der Waals surface area contributed by atoms with Crippen molar-refractivity contribution in [1.29, 1.82) is 0 Å². The first-order valence-corrected chi connectivity index (χ1v) is 11.4. The Morgan fingerprint density at radius 2 is 1.94 bits per heavy atom. The number of thiophene rings is 1. The molecule has 4 rings (SSSR count).